The van der Waals surface area contributed by atoms with Crippen LogP contribution in [-0.2, 0) is 13.6 Å². The highest BCUT2D eigenvalue weighted by molar-refractivity contribution is 6.74. The highest BCUT2D eigenvalue weighted by Gasteiger charge is 2.53. The van der Waals surface area contributed by atoms with E-state index in [1.807, 2.05) is 0 Å². The highest BCUT2D eigenvalue weighted by Crippen LogP contribution is 2.52. The zero-order valence-corrected chi connectivity index (χ0v) is 32.3. The van der Waals surface area contributed by atoms with Gasteiger partial charge in [0.15, 0.2) is 16.6 Å². The fourth-order valence-electron chi connectivity index (χ4n) is 6.87. The first-order valence-electron chi connectivity index (χ1n) is 17.5. The Morgan fingerprint density at radius 3 is 2.04 bits per heavy atom. The number of aliphatic hydroxyl groups excluding tert-OH is 1. The van der Waals surface area contributed by atoms with Crippen molar-refractivity contribution in [3.8, 4) is 0 Å². The third-order valence-corrected chi connectivity index (χ3v) is 20.5. The SMILES string of the molecule is Cc1cc(C(CCO)C2C(O[Si](C)(C)C(C)(C)C)CC(O[Si](C)(C)C(C)(C)C)C2CCCCCCC(=O)O)cc2ccccc12. The maximum absolute atomic E-state index is 11.1. The number of aryl methyl sites for hydroxylation is 1. The average molecular weight is 657 g/mol. The van der Waals surface area contributed by atoms with E-state index >= 15 is 0 Å². The minimum atomic E-state index is -2.11. The Labute approximate surface area is 276 Å². The highest BCUT2D eigenvalue weighted by atomic mass is 28.4. The maximum atomic E-state index is 11.1. The Bertz CT molecular complexity index is 1260. The standard InChI is InChI=1S/C38H64O5Si2/c1-27-24-29(25-28-18-16-17-19-30(27)28)31(22-23-39)36-32(20-14-12-13-15-21-35(40)41)33(42-44(8,9)37(2,3)4)26-34(36)43-45(10,11)38(5,6)7/h16-19,24-25,31-34,36,39H,12-15,20-23,26H2,1-11H3,(H,40,41). The van der Waals surface area contributed by atoms with Crippen LogP contribution in [0.2, 0.25) is 36.3 Å². The van der Waals surface area contributed by atoms with Crippen LogP contribution in [0.15, 0.2) is 36.4 Å². The van der Waals surface area contributed by atoms with E-state index in [0.717, 1.165) is 38.5 Å². The third-order valence-electron chi connectivity index (χ3n) is 11.5. The van der Waals surface area contributed by atoms with E-state index in [-0.39, 0.29) is 47.1 Å². The summed E-state index contributed by atoms with van der Waals surface area (Å²) in [5.41, 5.74) is 2.57. The summed E-state index contributed by atoms with van der Waals surface area (Å²) < 4.78 is 14.7. The molecule has 2 aromatic rings. The number of unbranched alkanes of at least 4 members (excludes halogenated alkanes) is 3. The second-order valence-electron chi connectivity index (χ2n) is 16.8. The number of carbonyl (C=O) groups is 1. The molecular formula is C38H64O5Si2. The smallest absolute Gasteiger partial charge is 0.303 e. The van der Waals surface area contributed by atoms with Gasteiger partial charge in [-0.2, -0.15) is 0 Å². The van der Waals surface area contributed by atoms with Gasteiger partial charge >= 0.3 is 5.97 Å². The first-order chi connectivity index (χ1) is 20.8. The van der Waals surface area contributed by atoms with Crippen molar-refractivity contribution in [1.29, 1.82) is 0 Å². The Morgan fingerprint density at radius 1 is 0.889 bits per heavy atom. The molecule has 2 aromatic carbocycles. The lowest BCUT2D eigenvalue weighted by molar-refractivity contribution is -0.137. The molecule has 0 bridgehead atoms. The second kappa shape index (κ2) is 15.1. The predicted octanol–water partition coefficient (Wildman–Crippen LogP) is 10.5. The molecule has 1 fully saturated rings. The van der Waals surface area contributed by atoms with Crippen molar-refractivity contribution in [3.63, 3.8) is 0 Å². The first-order valence-corrected chi connectivity index (χ1v) is 23.3. The van der Waals surface area contributed by atoms with Crippen molar-refractivity contribution in [3.05, 3.63) is 47.5 Å². The number of aliphatic hydroxyl groups is 1. The molecule has 0 heterocycles. The summed E-state index contributed by atoms with van der Waals surface area (Å²) in [4.78, 5) is 11.1. The van der Waals surface area contributed by atoms with Crippen LogP contribution in [0, 0.1) is 18.8 Å². The Morgan fingerprint density at radius 2 is 1.47 bits per heavy atom. The molecule has 5 unspecified atom stereocenters. The van der Waals surface area contributed by atoms with Gasteiger partial charge in [0, 0.05) is 13.0 Å². The lowest BCUT2D eigenvalue weighted by Crippen LogP contribution is -2.46. The molecule has 1 aliphatic rings. The van der Waals surface area contributed by atoms with Crippen LogP contribution in [0.25, 0.3) is 10.8 Å². The topological polar surface area (TPSA) is 76.0 Å². The molecule has 1 saturated carbocycles. The molecule has 5 nitrogen and oxygen atoms in total. The number of fused-ring (bicyclic) bond motifs is 1. The second-order valence-corrected chi connectivity index (χ2v) is 26.3. The van der Waals surface area contributed by atoms with E-state index in [4.69, 9.17) is 14.0 Å². The number of hydrogen-bond donors (Lipinski definition) is 2. The van der Waals surface area contributed by atoms with Gasteiger partial charge in [0.1, 0.15) is 0 Å². The average Bonchev–Trinajstić information content (AvgIpc) is 3.22. The molecule has 0 saturated heterocycles. The summed E-state index contributed by atoms with van der Waals surface area (Å²) >= 11 is 0. The molecule has 0 amide bonds. The van der Waals surface area contributed by atoms with Crippen LogP contribution >= 0.6 is 0 Å². The van der Waals surface area contributed by atoms with Crippen molar-refractivity contribution >= 4 is 33.4 Å². The van der Waals surface area contributed by atoms with E-state index in [1.165, 1.54) is 21.9 Å². The lowest BCUT2D eigenvalue weighted by atomic mass is 9.74. The molecule has 254 valence electrons. The number of aliphatic carboxylic acids is 1. The molecule has 7 heteroatoms. The van der Waals surface area contributed by atoms with E-state index in [2.05, 4.69) is 111 Å². The van der Waals surface area contributed by atoms with Crippen LogP contribution < -0.4 is 0 Å². The Kier molecular flexibility index (Phi) is 12.8. The van der Waals surface area contributed by atoms with Crippen LogP contribution in [0.1, 0.15) is 110 Å². The quantitative estimate of drug-likeness (QED) is 0.147. The maximum Gasteiger partial charge on any atom is 0.303 e. The van der Waals surface area contributed by atoms with Gasteiger partial charge in [-0.1, -0.05) is 97.2 Å². The van der Waals surface area contributed by atoms with Gasteiger partial charge in [-0.3, -0.25) is 4.79 Å². The molecule has 0 spiro atoms. The first kappa shape index (κ1) is 37.9. The molecule has 3 rings (SSSR count). The van der Waals surface area contributed by atoms with Crippen LogP contribution in [0.5, 0.6) is 0 Å². The molecule has 0 radical (unpaired) electrons. The number of carboxylic acids is 1. The summed E-state index contributed by atoms with van der Waals surface area (Å²) in [6, 6.07) is 13.3. The van der Waals surface area contributed by atoms with Crippen molar-refractivity contribution in [2.45, 2.75) is 154 Å². The largest absolute Gasteiger partial charge is 0.481 e. The number of rotatable bonds is 15. The molecular weight excluding hydrogens is 593 g/mol. The summed E-state index contributed by atoms with van der Waals surface area (Å²) in [7, 11) is -4.19. The van der Waals surface area contributed by atoms with Crippen molar-refractivity contribution < 1.29 is 23.9 Å². The van der Waals surface area contributed by atoms with Crippen LogP contribution in [0.4, 0.5) is 0 Å². The molecule has 1 aliphatic carbocycles. The third kappa shape index (κ3) is 9.53. The van der Waals surface area contributed by atoms with Gasteiger partial charge in [0.05, 0.1) is 12.2 Å². The zero-order valence-electron chi connectivity index (χ0n) is 30.3. The minimum Gasteiger partial charge on any atom is -0.481 e. The minimum absolute atomic E-state index is 0.0565. The van der Waals surface area contributed by atoms with Crippen molar-refractivity contribution in [2.24, 2.45) is 11.8 Å². The van der Waals surface area contributed by atoms with Gasteiger partial charge in [0.25, 0.3) is 0 Å². The van der Waals surface area contributed by atoms with Gasteiger partial charge < -0.3 is 19.1 Å². The Balaban J connectivity index is 2.11. The zero-order chi connectivity index (χ0) is 33.8. The van der Waals surface area contributed by atoms with E-state index in [0.29, 0.717) is 12.3 Å². The molecule has 0 aromatic heterocycles. The fraction of sp³-hybridized carbons (Fsp3) is 0.711. The molecule has 5 atom stereocenters. The molecule has 45 heavy (non-hydrogen) atoms. The summed E-state index contributed by atoms with van der Waals surface area (Å²) in [6.45, 7) is 25.7. The summed E-state index contributed by atoms with van der Waals surface area (Å²) in [6.07, 6.45) is 6.76. The van der Waals surface area contributed by atoms with E-state index in [1.54, 1.807) is 0 Å². The predicted molar refractivity (Wildman–Crippen MR) is 194 cm³/mol. The summed E-state index contributed by atoms with van der Waals surface area (Å²) in [5, 5.41) is 22.4. The van der Waals surface area contributed by atoms with Gasteiger partial charge in [0.2, 0.25) is 0 Å². The monoisotopic (exact) mass is 656 g/mol. The van der Waals surface area contributed by atoms with Crippen LogP contribution in [-0.4, -0.2) is 51.6 Å². The summed E-state index contributed by atoms with van der Waals surface area (Å²) in [5.74, 6) is -0.0349. The normalized spacial score (nSPS) is 22.2. The van der Waals surface area contributed by atoms with Gasteiger partial charge in [-0.15, -0.1) is 0 Å². The molecule has 2 N–H and O–H groups in total. The fourth-order valence-corrected chi connectivity index (χ4v) is 9.61. The number of carboxylic acid groups (broad SMARTS) is 1. The van der Waals surface area contributed by atoms with E-state index in [9.17, 15) is 9.90 Å². The molecule has 0 aliphatic heterocycles. The van der Waals surface area contributed by atoms with Gasteiger partial charge in [-0.25, -0.2) is 0 Å². The Hall–Kier alpha value is -1.52. The van der Waals surface area contributed by atoms with Gasteiger partial charge in [-0.05, 0) is 109 Å². The van der Waals surface area contributed by atoms with Crippen molar-refractivity contribution in [1.82, 2.24) is 0 Å². The number of hydrogen-bond acceptors (Lipinski definition) is 4. The number of benzene rings is 2. The van der Waals surface area contributed by atoms with E-state index < -0.39 is 22.6 Å². The van der Waals surface area contributed by atoms with Crippen LogP contribution in [0.3, 0.4) is 0 Å². The van der Waals surface area contributed by atoms with Crippen molar-refractivity contribution in [2.75, 3.05) is 6.61 Å². The lowest BCUT2D eigenvalue weighted by Gasteiger charge is -2.42.